The fourth-order valence-corrected chi connectivity index (χ4v) is 4.39. The molecule has 0 fully saturated rings. The minimum Gasteiger partial charge on any atom is -0.493 e. The van der Waals surface area contributed by atoms with Crippen LogP contribution in [0.3, 0.4) is 0 Å². The molecular weight excluding hydrogens is 534 g/mol. The fourth-order valence-electron chi connectivity index (χ4n) is 1.94. The quantitative estimate of drug-likeness (QED) is 0.336. The largest absolute Gasteiger partial charge is 0.493 e. The van der Waals surface area contributed by atoms with Gasteiger partial charge in [0.25, 0.3) is 0 Å². The number of hydrogen-bond acceptors (Lipinski definition) is 2. The summed E-state index contributed by atoms with van der Waals surface area (Å²) in [6.07, 6.45) is 0. The molecule has 21 heavy (non-hydrogen) atoms. The van der Waals surface area contributed by atoms with E-state index in [1.807, 2.05) is 18.2 Å². The van der Waals surface area contributed by atoms with E-state index in [-0.39, 0.29) is 4.83 Å². The lowest BCUT2D eigenvalue weighted by Gasteiger charge is -2.17. The molecule has 0 saturated carbocycles. The maximum absolute atomic E-state index is 6.39. The van der Waals surface area contributed by atoms with E-state index in [2.05, 4.69) is 60.5 Å². The number of halogens is 4. The molecule has 1 unspecified atom stereocenters. The summed E-state index contributed by atoms with van der Waals surface area (Å²) < 4.78 is 12.8. The molecule has 0 N–H and O–H groups in total. The van der Waals surface area contributed by atoms with Gasteiger partial charge in [-0.05, 0) is 58.0 Å². The van der Waals surface area contributed by atoms with Crippen LogP contribution in [-0.4, -0.2) is 14.2 Å². The van der Waals surface area contributed by atoms with E-state index < -0.39 is 0 Å². The van der Waals surface area contributed by atoms with Crippen LogP contribution in [0, 0.1) is 3.57 Å². The highest BCUT2D eigenvalue weighted by Crippen LogP contribution is 2.43. The van der Waals surface area contributed by atoms with Gasteiger partial charge in [0.1, 0.15) is 0 Å². The highest BCUT2D eigenvalue weighted by atomic mass is 127. The minimum atomic E-state index is -0.0473. The molecule has 2 nitrogen and oxygen atoms in total. The fraction of sp³-hybridized carbons (Fsp3) is 0.200. The van der Waals surface area contributed by atoms with E-state index >= 15 is 0 Å². The molecule has 0 spiro atoms. The molecule has 2 aromatic rings. The summed E-state index contributed by atoms with van der Waals surface area (Å²) >= 11 is 16.0. The molecule has 6 heteroatoms. The van der Waals surface area contributed by atoms with Gasteiger partial charge >= 0.3 is 0 Å². The number of hydrogen-bond donors (Lipinski definition) is 0. The number of methoxy groups -OCH3 is 2. The maximum atomic E-state index is 6.39. The number of rotatable bonds is 4. The van der Waals surface area contributed by atoms with Crippen molar-refractivity contribution in [2.24, 2.45) is 0 Å². The van der Waals surface area contributed by atoms with Crippen molar-refractivity contribution in [3.8, 4) is 11.5 Å². The molecule has 0 amide bonds. The lowest BCUT2D eigenvalue weighted by molar-refractivity contribution is 0.354. The van der Waals surface area contributed by atoms with Crippen molar-refractivity contribution < 1.29 is 9.47 Å². The Morgan fingerprint density at radius 2 is 1.67 bits per heavy atom. The van der Waals surface area contributed by atoms with E-state index in [0.29, 0.717) is 16.5 Å². The topological polar surface area (TPSA) is 18.5 Å². The molecule has 0 heterocycles. The smallest absolute Gasteiger partial charge is 0.162 e. The van der Waals surface area contributed by atoms with E-state index in [4.69, 9.17) is 21.1 Å². The van der Waals surface area contributed by atoms with Crippen LogP contribution >= 0.6 is 66.1 Å². The van der Waals surface area contributed by atoms with Crippen molar-refractivity contribution in [3.63, 3.8) is 0 Å². The highest BCUT2D eigenvalue weighted by Gasteiger charge is 2.20. The molecule has 0 aliphatic heterocycles. The van der Waals surface area contributed by atoms with Crippen LogP contribution in [0.2, 0.25) is 5.02 Å². The molecule has 0 aliphatic rings. The van der Waals surface area contributed by atoms with Crippen LogP contribution in [-0.2, 0) is 0 Å². The molecule has 1 atom stereocenters. The zero-order chi connectivity index (χ0) is 15.6. The Balaban J connectivity index is 2.52. The van der Waals surface area contributed by atoms with Crippen molar-refractivity contribution in [1.29, 1.82) is 0 Å². The molecule has 0 radical (unpaired) electrons. The first-order valence-corrected chi connectivity index (χ1v) is 9.15. The number of benzene rings is 2. The second kappa shape index (κ2) is 7.53. The van der Waals surface area contributed by atoms with Crippen LogP contribution in [0.4, 0.5) is 0 Å². The Bertz CT molecular complexity index is 664. The summed E-state index contributed by atoms with van der Waals surface area (Å²) in [5, 5.41) is 0.625. The van der Waals surface area contributed by atoms with E-state index in [1.165, 1.54) is 0 Å². The summed E-state index contributed by atoms with van der Waals surface area (Å²) in [7, 11) is 3.20. The van der Waals surface area contributed by atoms with Gasteiger partial charge in [-0.15, -0.1) is 0 Å². The van der Waals surface area contributed by atoms with Gasteiger partial charge in [0.15, 0.2) is 11.5 Å². The molecular formula is C15H12Br2ClIO2. The average Bonchev–Trinajstić information content (AvgIpc) is 2.48. The van der Waals surface area contributed by atoms with Crippen molar-refractivity contribution in [1.82, 2.24) is 0 Å². The van der Waals surface area contributed by atoms with Gasteiger partial charge in [-0.3, -0.25) is 0 Å². The van der Waals surface area contributed by atoms with Gasteiger partial charge in [-0.2, -0.15) is 0 Å². The third-order valence-electron chi connectivity index (χ3n) is 3.01. The van der Waals surface area contributed by atoms with E-state index in [0.717, 1.165) is 19.2 Å². The molecule has 2 aromatic carbocycles. The van der Waals surface area contributed by atoms with Gasteiger partial charge < -0.3 is 9.47 Å². The second-order valence-electron chi connectivity index (χ2n) is 4.26. The third kappa shape index (κ3) is 3.86. The normalized spacial score (nSPS) is 12.1. The van der Waals surface area contributed by atoms with Crippen LogP contribution < -0.4 is 9.47 Å². The zero-order valence-corrected chi connectivity index (χ0v) is 17.4. The number of alkyl halides is 1. The van der Waals surface area contributed by atoms with Gasteiger partial charge in [-0.25, -0.2) is 0 Å². The van der Waals surface area contributed by atoms with E-state index in [9.17, 15) is 0 Å². The molecule has 112 valence electrons. The minimum absolute atomic E-state index is 0.0473. The zero-order valence-electron chi connectivity index (χ0n) is 11.3. The summed E-state index contributed by atoms with van der Waals surface area (Å²) in [6.45, 7) is 0. The first kappa shape index (κ1) is 17.4. The molecule has 2 rings (SSSR count). The lowest BCUT2D eigenvalue weighted by Crippen LogP contribution is -1.99. The van der Waals surface area contributed by atoms with Gasteiger partial charge in [0, 0.05) is 19.1 Å². The Hall–Kier alpha value is 0.0200. The van der Waals surface area contributed by atoms with Crippen molar-refractivity contribution >= 4 is 66.1 Å². The second-order valence-corrected chi connectivity index (χ2v) is 7.68. The van der Waals surface area contributed by atoms with Crippen LogP contribution in [0.25, 0.3) is 0 Å². The standard InChI is InChI=1S/C15H12Br2ClIO2/c1-20-13-6-10(12(18)7-14(13)21-2)15(17)9-5-8(19)3-4-11(9)16/h3-7,15H,1-2H3. The Labute approximate surface area is 159 Å². The van der Waals surface area contributed by atoms with E-state index in [1.54, 1.807) is 20.3 Å². The van der Waals surface area contributed by atoms with Crippen LogP contribution in [0.5, 0.6) is 11.5 Å². The first-order valence-electron chi connectivity index (χ1n) is 5.98. The summed E-state index contributed by atoms with van der Waals surface area (Å²) in [4.78, 5) is -0.0473. The molecule has 0 saturated heterocycles. The average molecular weight is 546 g/mol. The maximum Gasteiger partial charge on any atom is 0.162 e. The first-order chi connectivity index (χ1) is 9.97. The molecule has 0 aliphatic carbocycles. The predicted molar refractivity (Wildman–Crippen MR) is 102 cm³/mol. The molecule has 0 bridgehead atoms. The van der Waals surface area contributed by atoms with Crippen molar-refractivity contribution in [2.75, 3.05) is 14.2 Å². The van der Waals surface area contributed by atoms with Crippen LogP contribution in [0.1, 0.15) is 16.0 Å². The Morgan fingerprint density at radius 1 is 1.05 bits per heavy atom. The number of ether oxygens (including phenoxy) is 2. The van der Waals surface area contributed by atoms with Crippen molar-refractivity contribution in [3.05, 3.63) is 54.5 Å². The SMILES string of the molecule is COc1cc(Cl)c(C(Br)c2cc(I)ccc2Br)cc1OC. The van der Waals surface area contributed by atoms with Gasteiger partial charge in [0.2, 0.25) is 0 Å². The molecule has 0 aromatic heterocycles. The summed E-state index contributed by atoms with van der Waals surface area (Å²) in [5.74, 6) is 1.27. The highest BCUT2D eigenvalue weighted by molar-refractivity contribution is 14.1. The summed E-state index contributed by atoms with van der Waals surface area (Å²) in [6, 6.07) is 9.85. The lowest BCUT2D eigenvalue weighted by atomic mass is 10.0. The Kier molecular flexibility index (Phi) is 6.23. The predicted octanol–water partition coefficient (Wildman–Crippen LogP) is 6.21. The summed E-state index contributed by atoms with van der Waals surface area (Å²) in [5.41, 5.74) is 2.04. The third-order valence-corrected chi connectivity index (χ3v) is 5.71. The van der Waals surface area contributed by atoms with Crippen molar-refractivity contribution in [2.45, 2.75) is 4.83 Å². The van der Waals surface area contributed by atoms with Gasteiger partial charge in [0.05, 0.1) is 19.0 Å². The van der Waals surface area contributed by atoms with Gasteiger partial charge in [-0.1, -0.05) is 43.5 Å². The Morgan fingerprint density at radius 3 is 2.29 bits per heavy atom. The monoisotopic (exact) mass is 544 g/mol. The van der Waals surface area contributed by atoms with Crippen LogP contribution in [0.15, 0.2) is 34.8 Å².